The van der Waals surface area contributed by atoms with E-state index < -0.39 is 0 Å². The summed E-state index contributed by atoms with van der Waals surface area (Å²) in [5.74, 6) is 0.696. The molecular formula is C10H11BrN2O. The first-order valence-electron chi connectivity index (χ1n) is 4.46. The Hall–Kier alpha value is -0.870. The van der Waals surface area contributed by atoms with Gasteiger partial charge in [0.15, 0.2) is 11.5 Å². The van der Waals surface area contributed by atoms with Gasteiger partial charge in [-0.05, 0) is 35.0 Å². The van der Waals surface area contributed by atoms with Gasteiger partial charge in [-0.3, -0.25) is 0 Å². The molecule has 0 aliphatic carbocycles. The van der Waals surface area contributed by atoms with Crippen molar-refractivity contribution >= 4 is 27.0 Å². The molecule has 1 aromatic heterocycles. The van der Waals surface area contributed by atoms with Gasteiger partial charge in [-0.15, -0.1) is 0 Å². The van der Waals surface area contributed by atoms with Crippen molar-refractivity contribution in [3.63, 3.8) is 0 Å². The Morgan fingerprint density at radius 3 is 3.00 bits per heavy atom. The summed E-state index contributed by atoms with van der Waals surface area (Å²) < 4.78 is 6.50. The lowest BCUT2D eigenvalue weighted by Crippen LogP contribution is -2.17. The van der Waals surface area contributed by atoms with Gasteiger partial charge >= 0.3 is 0 Å². The molecule has 2 aromatic rings. The van der Waals surface area contributed by atoms with E-state index in [0.29, 0.717) is 12.3 Å². The van der Waals surface area contributed by atoms with Crippen molar-refractivity contribution in [2.45, 2.75) is 19.4 Å². The predicted octanol–water partition coefficient (Wildman–Crippen LogP) is 2.48. The van der Waals surface area contributed by atoms with E-state index in [-0.39, 0.29) is 6.04 Å². The molecule has 2 N–H and O–H groups in total. The highest BCUT2D eigenvalue weighted by atomic mass is 79.9. The molecule has 4 heteroatoms. The van der Waals surface area contributed by atoms with Crippen LogP contribution in [0.2, 0.25) is 0 Å². The first-order valence-corrected chi connectivity index (χ1v) is 5.25. The Morgan fingerprint density at radius 1 is 1.57 bits per heavy atom. The van der Waals surface area contributed by atoms with Crippen LogP contribution in [-0.2, 0) is 6.42 Å². The average molecular weight is 255 g/mol. The maximum absolute atomic E-state index is 5.67. The number of nitrogens with zero attached hydrogens (tertiary/aromatic N) is 1. The topological polar surface area (TPSA) is 52.0 Å². The minimum absolute atomic E-state index is 0.0711. The van der Waals surface area contributed by atoms with Crippen molar-refractivity contribution in [1.82, 2.24) is 4.98 Å². The molecular weight excluding hydrogens is 244 g/mol. The number of nitrogens with two attached hydrogens (primary N) is 1. The number of fused-ring (bicyclic) bond motifs is 1. The van der Waals surface area contributed by atoms with Crippen LogP contribution in [-0.4, -0.2) is 11.0 Å². The molecule has 0 saturated heterocycles. The molecule has 0 fully saturated rings. The van der Waals surface area contributed by atoms with E-state index in [1.54, 1.807) is 0 Å². The Morgan fingerprint density at radius 2 is 2.36 bits per heavy atom. The Labute approximate surface area is 90.4 Å². The van der Waals surface area contributed by atoms with Gasteiger partial charge in [-0.2, -0.15) is 0 Å². The van der Waals surface area contributed by atoms with Crippen LogP contribution in [0.1, 0.15) is 12.8 Å². The smallest absolute Gasteiger partial charge is 0.197 e. The number of halogens is 1. The molecule has 0 aliphatic heterocycles. The van der Waals surface area contributed by atoms with Crippen LogP contribution < -0.4 is 5.73 Å². The van der Waals surface area contributed by atoms with E-state index in [1.165, 1.54) is 0 Å². The molecule has 74 valence electrons. The molecule has 1 unspecified atom stereocenters. The maximum atomic E-state index is 5.67. The zero-order chi connectivity index (χ0) is 10.1. The van der Waals surface area contributed by atoms with Crippen LogP contribution in [0.5, 0.6) is 0 Å². The second kappa shape index (κ2) is 3.71. The number of aromatic nitrogens is 1. The number of hydrogen-bond donors (Lipinski definition) is 1. The maximum Gasteiger partial charge on any atom is 0.197 e. The molecule has 1 atom stereocenters. The molecule has 2 rings (SSSR count). The molecule has 14 heavy (non-hydrogen) atoms. The lowest BCUT2D eigenvalue weighted by Gasteiger charge is -1.97. The molecule has 0 radical (unpaired) electrons. The summed E-state index contributed by atoms with van der Waals surface area (Å²) in [4.78, 5) is 4.34. The van der Waals surface area contributed by atoms with Gasteiger partial charge in [-0.1, -0.05) is 6.07 Å². The second-order valence-corrected chi connectivity index (χ2v) is 4.23. The first-order chi connectivity index (χ1) is 6.66. The summed E-state index contributed by atoms with van der Waals surface area (Å²) in [7, 11) is 0. The van der Waals surface area contributed by atoms with Crippen LogP contribution in [0.25, 0.3) is 11.1 Å². The van der Waals surface area contributed by atoms with Crippen molar-refractivity contribution in [2.24, 2.45) is 5.73 Å². The number of hydrogen-bond acceptors (Lipinski definition) is 3. The fourth-order valence-corrected chi connectivity index (χ4v) is 1.76. The molecule has 0 saturated carbocycles. The van der Waals surface area contributed by atoms with Gasteiger partial charge in [0.05, 0.1) is 4.47 Å². The highest BCUT2D eigenvalue weighted by Gasteiger charge is 2.09. The molecule has 3 nitrogen and oxygen atoms in total. The monoisotopic (exact) mass is 254 g/mol. The lowest BCUT2D eigenvalue weighted by atomic mass is 10.2. The van der Waals surface area contributed by atoms with Crippen LogP contribution >= 0.6 is 15.9 Å². The molecule has 0 aliphatic rings. The van der Waals surface area contributed by atoms with E-state index in [9.17, 15) is 0 Å². The van der Waals surface area contributed by atoms with Gasteiger partial charge in [0.1, 0.15) is 5.52 Å². The highest BCUT2D eigenvalue weighted by molar-refractivity contribution is 9.10. The van der Waals surface area contributed by atoms with Gasteiger partial charge in [0.2, 0.25) is 0 Å². The van der Waals surface area contributed by atoms with E-state index >= 15 is 0 Å². The van der Waals surface area contributed by atoms with Crippen molar-refractivity contribution in [2.75, 3.05) is 0 Å². The van der Waals surface area contributed by atoms with Gasteiger partial charge in [0, 0.05) is 12.5 Å². The zero-order valence-corrected chi connectivity index (χ0v) is 9.41. The zero-order valence-electron chi connectivity index (χ0n) is 7.83. The van der Waals surface area contributed by atoms with Gasteiger partial charge in [0.25, 0.3) is 0 Å². The molecule has 0 spiro atoms. The predicted molar refractivity (Wildman–Crippen MR) is 59.1 cm³/mol. The van der Waals surface area contributed by atoms with Gasteiger partial charge in [-0.25, -0.2) is 4.98 Å². The van der Waals surface area contributed by atoms with Crippen LogP contribution in [0.15, 0.2) is 27.1 Å². The third-order valence-electron chi connectivity index (χ3n) is 1.91. The molecule has 1 aromatic carbocycles. The van der Waals surface area contributed by atoms with E-state index in [4.69, 9.17) is 10.2 Å². The lowest BCUT2D eigenvalue weighted by molar-refractivity contribution is 0.506. The largest absolute Gasteiger partial charge is 0.439 e. The van der Waals surface area contributed by atoms with Crippen molar-refractivity contribution in [3.8, 4) is 0 Å². The van der Waals surface area contributed by atoms with Crippen molar-refractivity contribution < 1.29 is 4.42 Å². The molecule has 0 bridgehead atoms. The quantitative estimate of drug-likeness (QED) is 0.896. The highest BCUT2D eigenvalue weighted by Crippen LogP contribution is 2.24. The number of para-hydroxylation sites is 1. The third kappa shape index (κ3) is 1.81. The second-order valence-electron chi connectivity index (χ2n) is 3.38. The van der Waals surface area contributed by atoms with E-state index in [2.05, 4.69) is 20.9 Å². The average Bonchev–Trinajstić information content (AvgIpc) is 2.47. The van der Waals surface area contributed by atoms with Crippen LogP contribution in [0.3, 0.4) is 0 Å². The summed E-state index contributed by atoms with van der Waals surface area (Å²) in [6.45, 7) is 1.93. The minimum Gasteiger partial charge on any atom is -0.439 e. The number of benzene rings is 1. The Balaban J connectivity index is 2.46. The van der Waals surface area contributed by atoms with Crippen molar-refractivity contribution in [3.05, 3.63) is 28.6 Å². The minimum atomic E-state index is 0.0711. The van der Waals surface area contributed by atoms with Gasteiger partial charge < -0.3 is 10.2 Å². The third-order valence-corrected chi connectivity index (χ3v) is 2.53. The van der Waals surface area contributed by atoms with Crippen LogP contribution in [0.4, 0.5) is 0 Å². The molecule has 0 amide bonds. The number of rotatable bonds is 2. The SMILES string of the molecule is CC(N)Cc1nc2cccc(Br)c2o1. The van der Waals surface area contributed by atoms with E-state index in [1.807, 2.05) is 25.1 Å². The molecule has 1 heterocycles. The van der Waals surface area contributed by atoms with Crippen LogP contribution in [0, 0.1) is 0 Å². The standard InChI is InChI=1S/C10H11BrN2O/c1-6(12)5-9-13-8-4-2-3-7(11)10(8)14-9/h2-4,6H,5,12H2,1H3. The Bertz CT molecular complexity index is 450. The first kappa shape index (κ1) is 9.68. The van der Waals surface area contributed by atoms with Crippen molar-refractivity contribution in [1.29, 1.82) is 0 Å². The summed E-state index contributed by atoms with van der Waals surface area (Å²) >= 11 is 3.41. The van der Waals surface area contributed by atoms with E-state index in [0.717, 1.165) is 15.6 Å². The summed E-state index contributed by atoms with van der Waals surface area (Å²) in [5, 5.41) is 0. The normalized spacial score (nSPS) is 13.4. The number of oxazole rings is 1. The summed E-state index contributed by atoms with van der Waals surface area (Å²) in [6, 6.07) is 5.86. The summed E-state index contributed by atoms with van der Waals surface area (Å²) in [6.07, 6.45) is 0.668. The Kier molecular flexibility index (Phi) is 2.56. The fourth-order valence-electron chi connectivity index (χ4n) is 1.32. The fraction of sp³-hybridized carbons (Fsp3) is 0.300. The summed E-state index contributed by atoms with van der Waals surface area (Å²) in [5.41, 5.74) is 7.34.